The summed E-state index contributed by atoms with van der Waals surface area (Å²) in [6.45, 7) is 12.2. The highest BCUT2D eigenvalue weighted by Crippen LogP contribution is 2.53. The SMILES string of the molecule is CC(C)(C)OC(=O)N1CCC2(CC1)CC(CCN1CCN(C(=O)OCc3ccccc3)CC1)C2. The van der Waals surface area contributed by atoms with Crippen molar-refractivity contribution in [1.29, 1.82) is 0 Å². The molecule has 3 fully saturated rings. The highest BCUT2D eigenvalue weighted by atomic mass is 16.6. The molecule has 1 spiro atoms. The van der Waals surface area contributed by atoms with E-state index in [-0.39, 0.29) is 12.2 Å². The van der Waals surface area contributed by atoms with E-state index >= 15 is 0 Å². The molecule has 7 nitrogen and oxygen atoms in total. The molecule has 0 bridgehead atoms. The van der Waals surface area contributed by atoms with Gasteiger partial charge in [-0.1, -0.05) is 30.3 Å². The molecule has 1 aromatic rings. The molecule has 7 heteroatoms. The Kier molecular flexibility index (Phi) is 7.70. The quantitative estimate of drug-likeness (QED) is 0.620. The number of piperazine rings is 1. The fraction of sp³-hybridized carbons (Fsp3) is 0.704. The molecule has 4 rings (SSSR count). The smallest absolute Gasteiger partial charge is 0.410 e. The molecule has 0 radical (unpaired) electrons. The first-order valence-corrected chi connectivity index (χ1v) is 12.9. The van der Waals surface area contributed by atoms with Crippen molar-refractivity contribution in [2.75, 3.05) is 45.8 Å². The second-order valence-electron chi connectivity index (χ2n) is 11.4. The zero-order valence-corrected chi connectivity index (χ0v) is 21.1. The summed E-state index contributed by atoms with van der Waals surface area (Å²) in [5, 5.41) is 0. The fourth-order valence-electron chi connectivity index (χ4n) is 5.60. The highest BCUT2D eigenvalue weighted by Gasteiger charge is 2.46. The van der Waals surface area contributed by atoms with Gasteiger partial charge in [-0.2, -0.15) is 0 Å². The first-order valence-electron chi connectivity index (χ1n) is 12.9. The van der Waals surface area contributed by atoms with Crippen molar-refractivity contribution in [3.05, 3.63) is 35.9 Å². The third-order valence-electron chi connectivity index (χ3n) is 7.61. The number of nitrogens with zero attached hydrogens (tertiary/aromatic N) is 3. The van der Waals surface area contributed by atoms with Crippen molar-refractivity contribution in [2.24, 2.45) is 11.3 Å². The molecule has 1 aromatic carbocycles. The topological polar surface area (TPSA) is 62.3 Å². The predicted molar refractivity (Wildman–Crippen MR) is 131 cm³/mol. The molecule has 2 saturated heterocycles. The molecule has 0 N–H and O–H groups in total. The third kappa shape index (κ3) is 6.65. The molecule has 2 amide bonds. The van der Waals surface area contributed by atoms with Crippen LogP contribution >= 0.6 is 0 Å². The van der Waals surface area contributed by atoms with Crippen LogP contribution < -0.4 is 0 Å². The van der Waals surface area contributed by atoms with E-state index in [0.29, 0.717) is 12.0 Å². The van der Waals surface area contributed by atoms with E-state index in [0.717, 1.165) is 70.1 Å². The summed E-state index contributed by atoms with van der Waals surface area (Å²) >= 11 is 0. The van der Waals surface area contributed by atoms with Crippen molar-refractivity contribution in [3.8, 4) is 0 Å². The first-order chi connectivity index (χ1) is 16.2. The van der Waals surface area contributed by atoms with Gasteiger partial charge >= 0.3 is 12.2 Å². The number of carbonyl (C=O) groups excluding carboxylic acids is 2. The van der Waals surface area contributed by atoms with Crippen LogP contribution in [0.25, 0.3) is 0 Å². The Morgan fingerprint density at radius 1 is 0.912 bits per heavy atom. The number of rotatable bonds is 5. The standard InChI is InChI=1S/C27H41N3O4/c1-26(2,3)34-25(32)29-13-10-27(11-14-29)19-23(20-27)9-12-28-15-17-30(18-16-28)24(31)33-21-22-7-5-4-6-8-22/h4-8,23H,9-21H2,1-3H3. The number of piperidine rings is 1. The van der Waals surface area contributed by atoms with Gasteiger partial charge in [0.15, 0.2) is 0 Å². The van der Waals surface area contributed by atoms with Gasteiger partial charge in [0.1, 0.15) is 12.2 Å². The Labute approximate surface area is 204 Å². The zero-order valence-electron chi connectivity index (χ0n) is 21.1. The van der Waals surface area contributed by atoms with Crippen LogP contribution in [0.15, 0.2) is 30.3 Å². The number of ether oxygens (including phenoxy) is 2. The lowest BCUT2D eigenvalue weighted by atomic mass is 9.57. The number of hydrogen-bond acceptors (Lipinski definition) is 5. The van der Waals surface area contributed by atoms with Crippen molar-refractivity contribution in [3.63, 3.8) is 0 Å². The zero-order chi connectivity index (χ0) is 24.2. The molecular formula is C27H41N3O4. The Balaban J connectivity index is 1.09. The molecular weight excluding hydrogens is 430 g/mol. The monoisotopic (exact) mass is 471 g/mol. The maximum absolute atomic E-state index is 12.4. The van der Waals surface area contributed by atoms with E-state index in [2.05, 4.69) is 4.90 Å². The maximum atomic E-state index is 12.4. The number of amides is 2. The van der Waals surface area contributed by atoms with E-state index in [9.17, 15) is 9.59 Å². The van der Waals surface area contributed by atoms with Crippen molar-refractivity contribution >= 4 is 12.2 Å². The summed E-state index contributed by atoms with van der Waals surface area (Å²) in [5.74, 6) is 0.793. The molecule has 1 aliphatic carbocycles. The minimum Gasteiger partial charge on any atom is -0.445 e. The van der Waals surface area contributed by atoms with Crippen LogP contribution in [0.4, 0.5) is 9.59 Å². The molecule has 1 saturated carbocycles. The fourth-order valence-corrected chi connectivity index (χ4v) is 5.60. The summed E-state index contributed by atoms with van der Waals surface area (Å²) < 4.78 is 11.0. The molecule has 0 unspecified atom stereocenters. The van der Waals surface area contributed by atoms with Gasteiger partial charge in [-0.05, 0) is 76.3 Å². The Morgan fingerprint density at radius 3 is 2.15 bits per heavy atom. The van der Waals surface area contributed by atoms with Gasteiger partial charge in [0.2, 0.25) is 0 Å². The van der Waals surface area contributed by atoms with Gasteiger partial charge in [0.05, 0.1) is 0 Å². The number of benzene rings is 1. The van der Waals surface area contributed by atoms with Gasteiger partial charge in [-0.25, -0.2) is 9.59 Å². The van der Waals surface area contributed by atoms with E-state index in [1.807, 2.05) is 60.9 Å². The summed E-state index contributed by atoms with van der Waals surface area (Å²) in [6, 6.07) is 9.82. The largest absolute Gasteiger partial charge is 0.445 e. The maximum Gasteiger partial charge on any atom is 0.410 e. The van der Waals surface area contributed by atoms with E-state index in [1.54, 1.807) is 0 Å². The van der Waals surface area contributed by atoms with Gasteiger partial charge < -0.3 is 19.3 Å². The summed E-state index contributed by atoms with van der Waals surface area (Å²) in [5.41, 5.74) is 1.04. The van der Waals surface area contributed by atoms with E-state index in [4.69, 9.17) is 9.47 Å². The minimum atomic E-state index is -0.429. The molecule has 34 heavy (non-hydrogen) atoms. The Morgan fingerprint density at radius 2 is 1.53 bits per heavy atom. The minimum absolute atomic E-state index is 0.165. The summed E-state index contributed by atoms with van der Waals surface area (Å²) in [4.78, 5) is 30.9. The van der Waals surface area contributed by atoms with Gasteiger partial charge in [-0.15, -0.1) is 0 Å². The van der Waals surface area contributed by atoms with Crippen LogP contribution in [-0.4, -0.2) is 78.3 Å². The molecule has 2 heterocycles. The second kappa shape index (κ2) is 10.5. The summed E-state index contributed by atoms with van der Waals surface area (Å²) in [7, 11) is 0. The number of carbonyl (C=O) groups is 2. The highest BCUT2D eigenvalue weighted by molar-refractivity contribution is 5.68. The number of hydrogen-bond donors (Lipinski definition) is 0. The van der Waals surface area contributed by atoms with Crippen molar-refractivity contribution in [1.82, 2.24) is 14.7 Å². The third-order valence-corrected chi connectivity index (χ3v) is 7.61. The van der Waals surface area contributed by atoms with Crippen LogP contribution in [0.2, 0.25) is 0 Å². The average Bonchev–Trinajstić information content (AvgIpc) is 2.80. The van der Waals surface area contributed by atoms with Crippen molar-refractivity contribution < 1.29 is 19.1 Å². The van der Waals surface area contributed by atoms with E-state index in [1.165, 1.54) is 19.3 Å². The Hall–Kier alpha value is -2.28. The lowest BCUT2D eigenvalue weighted by molar-refractivity contribution is -0.0318. The lowest BCUT2D eigenvalue weighted by Gasteiger charge is -2.52. The number of likely N-dealkylation sites (tertiary alicyclic amines) is 1. The van der Waals surface area contributed by atoms with Gasteiger partial charge in [0, 0.05) is 39.3 Å². The van der Waals surface area contributed by atoms with Crippen LogP contribution in [0, 0.1) is 11.3 Å². The van der Waals surface area contributed by atoms with Crippen LogP contribution in [-0.2, 0) is 16.1 Å². The second-order valence-corrected chi connectivity index (χ2v) is 11.4. The summed E-state index contributed by atoms with van der Waals surface area (Å²) in [6.07, 6.45) is 5.65. The van der Waals surface area contributed by atoms with Gasteiger partial charge in [0.25, 0.3) is 0 Å². The molecule has 3 aliphatic rings. The molecule has 0 aromatic heterocycles. The molecule has 188 valence electrons. The predicted octanol–water partition coefficient (Wildman–Crippen LogP) is 4.76. The average molecular weight is 472 g/mol. The van der Waals surface area contributed by atoms with Crippen LogP contribution in [0.3, 0.4) is 0 Å². The van der Waals surface area contributed by atoms with Crippen molar-refractivity contribution in [2.45, 2.75) is 65.1 Å². The first kappa shape index (κ1) is 24.8. The van der Waals surface area contributed by atoms with Gasteiger partial charge in [-0.3, -0.25) is 4.90 Å². The molecule has 2 aliphatic heterocycles. The lowest BCUT2D eigenvalue weighted by Crippen LogP contribution is -2.51. The normalized spacial score (nSPS) is 21.3. The Bertz CT molecular complexity index is 814. The van der Waals surface area contributed by atoms with Crippen LogP contribution in [0.1, 0.15) is 58.4 Å². The van der Waals surface area contributed by atoms with E-state index < -0.39 is 5.60 Å². The van der Waals surface area contributed by atoms with Crippen LogP contribution in [0.5, 0.6) is 0 Å². The molecule has 0 atom stereocenters.